The maximum atomic E-state index is 13.6. The SMILES string of the molecule is O=C(c1cc(-c2cccc3ccccc23)c2oc3ccc(Cl)cc3c(=O)c2c1)c1cc(Cl)ccc1O.O=C(c1cc(-c2cccc3ccccc23)c2oc3ccc(Cl)cc3c(=O)c2c1)c1cc(Cl)ccc1O. The third-order valence-corrected chi connectivity index (χ3v) is 13.5. The lowest BCUT2D eigenvalue weighted by Gasteiger charge is -2.13. The standard InChI is InChI=1S/2C30H16Cl2O4/c2*31-18-8-10-26(33)23(14-18)28(34)17-12-22(21-7-3-5-16-4-1-2-6-20(16)21)30-25(13-17)29(35)24-15-19(32)9-11-27(24)36-30/h2*1-15,33H. The molecule has 8 nitrogen and oxygen atoms in total. The van der Waals surface area contributed by atoms with Gasteiger partial charge in [0.05, 0.1) is 32.7 Å². The van der Waals surface area contributed by atoms with Crippen LogP contribution >= 0.6 is 46.4 Å². The number of phenolic OH excluding ortho intramolecular Hbond substituents is 2. The van der Waals surface area contributed by atoms with Crippen molar-refractivity contribution in [2.75, 3.05) is 0 Å². The Morgan fingerprint density at radius 3 is 1.17 bits per heavy atom. The molecule has 2 aromatic heterocycles. The Balaban J connectivity index is 0.000000156. The number of carbonyl (C=O) groups is 2. The monoisotopic (exact) mass is 1020 g/mol. The third kappa shape index (κ3) is 8.30. The van der Waals surface area contributed by atoms with Crippen molar-refractivity contribution in [3.05, 3.63) is 245 Å². The van der Waals surface area contributed by atoms with Crippen LogP contribution in [0.3, 0.4) is 0 Å². The third-order valence-electron chi connectivity index (χ3n) is 12.6. The maximum Gasteiger partial charge on any atom is 0.200 e. The van der Waals surface area contributed by atoms with Gasteiger partial charge in [-0.1, -0.05) is 131 Å². The Hall–Kier alpha value is -8.24. The van der Waals surface area contributed by atoms with Crippen molar-refractivity contribution in [3.63, 3.8) is 0 Å². The molecule has 2 N–H and O–H groups in total. The molecule has 12 aromatic rings. The van der Waals surface area contributed by atoms with E-state index in [1.807, 2.05) is 84.9 Å². The lowest BCUT2D eigenvalue weighted by atomic mass is 9.92. The zero-order chi connectivity index (χ0) is 49.9. The molecular weight excluding hydrogens is 990 g/mol. The van der Waals surface area contributed by atoms with Gasteiger partial charge < -0.3 is 19.0 Å². The summed E-state index contributed by atoms with van der Waals surface area (Å²) in [5.74, 6) is -1.34. The molecule has 10 aromatic carbocycles. The molecule has 0 amide bonds. The maximum absolute atomic E-state index is 13.6. The van der Waals surface area contributed by atoms with Gasteiger partial charge in [0.1, 0.15) is 33.8 Å². The highest BCUT2D eigenvalue weighted by Gasteiger charge is 2.24. The van der Waals surface area contributed by atoms with E-state index in [4.69, 9.17) is 55.2 Å². The summed E-state index contributed by atoms with van der Waals surface area (Å²) < 4.78 is 12.5. The van der Waals surface area contributed by atoms with Crippen molar-refractivity contribution < 1.29 is 28.6 Å². The Kier molecular flexibility index (Phi) is 11.9. The molecule has 0 saturated carbocycles. The highest BCUT2D eigenvalue weighted by Crippen LogP contribution is 2.39. The summed E-state index contributed by atoms with van der Waals surface area (Å²) in [5, 5.41) is 27.1. The number of ketones is 2. The predicted octanol–water partition coefficient (Wildman–Crippen LogP) is 16.0. The van der Waals surface area contributed by atoms with Crippen LogP contribution in [0.2, 0.25) is 20.1 Å². The second-order valence-electron chi connectivity index (χ2n) is 17.0. The minimum atomic E-state index is -0.469. The van der Waals surface area contributed by atoms with E-state index in [-0.39, 0.29) is 55.4 Å². The van der Waals surface area contributed by atoms with Gasteiger partial charge in [-0.15, -0.1) is 0 Å². The van der Waals surface area contributed by atoms with Crippen LogP contribution in [0.4, 0.5) is 0 Å². The molecule has 0 spiro atoms. The number of hydrogen-bond donors (Lipinski definition) is 2. The van der Waals surface area contributed by atoms with Gasteiger partial charge in [0.2, 0.25) is 10.9 Å². The number of benzene rings is 10. The molecular formula is C60H32Cl4O8. The van der Waals surface area contributed by atoms with Crippen LogP contribution in [0.1, 0.15) is 31.8 Å². The molecule has 72 heavy (non-hydrogen) atoms. The van der Waals surface area contributed by atoms with E-state index in [1.54, 1.807) is 48.5 Å². The van der Waals surface area contributed by atoms with Crippen molar-refractivity contribution in [2.45, 2.75) is 0 Å². The van der Waals surface area contributed by atoms with E-state index in [0.29, 0.717) is 64.3 Å². The molecule has 0 bridgehead atoms. The first-order chi connectivity index (χ1) is 34.8. The Labute approximate surface area is 428 Å². The van der Waals surface area contributed by atoms with Crippen molar-refractivity contribution >= 4 is 123 Å². The van der Waals surface area contributed by atoms with E-state index in [1.165, 1.54) is 48.5 Å². The Bertz CT molecular complexity index is 4110. The zero-order valence-corrected chi connectivity index (χ0v) is 40.2. The van der Waals surface area contributed by atoms with Gasteiger partial charge in [-0.2, -0.15) is 0 Å². The molecule has 12 rings (SSSR count). The van der Waals surface area contributed by atoms with Crippen molar-refractivity contribution in [1.82, 2.24) is 0 Å². The summed E-state index contributed by atoms with van der Waals surface area (Å²) in [6, 6.07) is 52.1. The van der Waals surface area contributed by atoms with Crippen molar-refractivity contribution in [2.24, 2.45) is 0 Å². The van der Waals surface area contributed by atoms with Crippen LogP contribution in [-0.2, 0) is 0 Å². The highest BCUT2D eigenvalue weighted by molar-refractivity contribution is 6.33. The number of fused-ring (bicyclic) bond motifs is 6. The lowest BCUT2D eigenvalue weighted by molar-refractivity contribution is 0.102. The summed E-state index contributed by atoms with van der Waals surface area (Å²) in [6.45, 7) is 0. The Morgan fingerprint density at radius 2 is 0.736 bits per heavy atom. The number of aromatic hydroxyl groups is 2. The fourth-order valence-electron chi connectivity index (χ4n) is 9.14. The predicted molar refractivity (Wildman–Crippen MR) is 289 cm³/mol. The minimum Gasteiger partial charge on any atom is -0.507 e. The van der Waals surface area contributed by atoms with Crippen LogP contribution in [0.5, 0.6) is 11.5 Å². The zero-order valence-electron chi connectivity index (χ0n) is 37.2. The average molecular weight is 1020 g/mol. The topological polar surface area (TPSA) is 135 Å². The van der Waals surface area contributed by atoms with E-state index < -0.39 is 11.6 Å². The summed E-state index contributed by atoms with van der Waals surface area (Å²) in [4.78, 5) is 54.4. The molecule has 348 valence electrons. The van der Waals surface area contributed by atoms with E-state index in [0.717, 1.165) is 32.7 Å². The quantitative estimate of drug-likeness (QED) is 0.124. The first-order valence-electron chi connectivity index (χ1n) is 22.2. The summed E-state index contributed by atoms with van der Waals surface area (Å²) in [6.07, 6.45) is 0. The van der Waals surface area contributed by atoms with Crippen LogP contribution < -0.4 is 10.9 Å². The minimum absolute atomic E-state index is 0.0407. The van der Waals surface area contributed by atoms with E-state index in [9.17, 15) is 29.4 Å². The van der Waals surface area contributed by atoms with Crippen molar-refractivity contribution in [3.8, 4) is 33.8 Å². The molecule has 0 atom stereocenters. The molecule has 0 saturated heterocycles. The number of rotatable bonds is 6. The Morgan fingerprint density at radius 1 is 0.361 bits per heavy atom. The van der Waals surface area contributed by atoms with Gasteiger partial charge in [-0.05, 0) is 130 Å². The van der Waals surface area contributed by atoms with Crippen LogP contribution in [0.15, 0.2) is 200 Å². The van der Waals surface area contributed by atoms with E-state index >= 15 is 0 Å². The van der Waals surface area contributed by atoms with E-state index in [2.05, 4.69) is 0 Å². The molecule has 0 aliphatic heterocycles. The van der Waals surface area contributed by atoms with Gasteiger partial charge >= 0.3 is 0 Å². The van der Waals surface area contributed by atoms with Gasteiger partial charge in [0.15, 0.2) is 11.6 Å². The van der Waals surface area contributed by atoms with Crippen molar-refractivity contribution in [1.29, 1.82) is 0 Å². The van der Waals surface area contributed by atoms with Crippen LogP contribution in [0, 0.1) is 0 Å². The number of halogens is 4. The smallest absolute Gasteiger partial charge is 0.200 e. The summed E-state index contributed by atoms with van der Waals surface area (Å²) in [7, 11) is 0. The molecule has 0 unspecified atom stereocenters. The largest absolute Gasteiger partial charge is 0.507 e. The first kappa shape index (κ1) is 46.2. The second-order valence-corrected chi connectivity index (χ2v) is 18.7. The van der Waals surface area contributed by atoms with Gasteiger partial charge in [0, 0.05) is 42.3 Å². The summed E-state index contributed by atoms with van der Waals surface area (Å²) in [5.41, 5.74) is 4.20. The summed E-state index contributed by atoms with van der Waals surface area (Å²) >= 11 is 24.5. The number of phenols is 2. The van der Waals surface area contributed by atoms with Crippen LogP contribution in [0.25, 0.3) is 87.7 Å². The van der Waals surface area contributed by atoms with Crippen LogP contribution in [-0.4, -0.2) is 21.8 Å². The highest BCUT2D eigenvalue weighted by atomic mass is 35.5. The molecule has 0 fully saturated rings. The lowest BCUT2D eigenvalue weighted by Crippen LogP contribution is -2.07. The molecule has 12 heteroatoms. The first-order valence-corrected chi connectivity index (χ1v) is 23.8. The normalized spacial score (nSPS) is 11.4. The molecule has 2 heterocycles. The second kappa shape index (κ2) is 18.5. The number of hydrogen-bond acceptors (Lipinski definition) is 8. The van der Waals surface area contributed by atoms with Gasteiger partial charge in [0.25, 0.3) is 0 Å². The fraction of sp³-hybridized carbons (Fsp3) is 0. The molecule has 0 aliphatic carbocycles. The average Bonchev–Trinajstić information content (AvgIpc) is 3.39. The van der Waals surface area contributed by atoms with Gasteiger partial charge in [-0.3, -0.25) is 19.2 Å². The van der Waals surface area contributed by atoms with Gasteiger partial charge in [-0.25, -0.2) is 0 Å². The number of carbonyl (C=O) groups excluding carboxylic acids is 2. The fourth-order valence-corrected chi connectivity index (χ4v) is 9.82. The molecule has 0 radical (unpaired) electrons. The molecule has 0 aliphatic rings.